The van der Waals surface area contributed by atoms with Gasteiger partial charge in [0.05, 0.1) is 6.54 Å². The SMILES string of the molecule is NCC1CCN(C(=O)CN2CCCCCCC2=O)C1. The van der Waals surface area contributed by atoms with Gasteiger partial charge in [0.25, 0.3) is 0 Å². The molecule has 0 aliphatic carbocycles. The smallest absolute Gasteiger partial charge is 0.242 e. The van der Waals surface area contributed by atoms with E-state index in [4.69, 9.17) is 5.73 Å². The highest BCUT2D eigenvalue weighted by Gasteiger charge is 2.27. The fourth-order valence-electron chi connectivity index (χ4n) is 2.90. The molecular formula is C14H25N3O2. The van der Waals surface area contributed by atoms with Crippen molar-refractivity contribution in [3.8, 4) is 0 Å². The third kappa shape index (κ3) is 3.93. The van der Waals surface area contributed by atoms with Gasteiger partial charge in [-0.3, -0.25) is 9.59 Å². The van der Waals surface area contributed by atoms with E-state index in [-0.39, 0.29) is 18.4 Å². The Bertz CT molecular complexity index is 333. The Hall–Kier alpha value is -1.10. The van der Waals surface area contributed by atoms with Crippen LogP contribution in [-0.2, 0) is 9.59 Å². The maximum Gasteiger partial charge on any atom is 0.242 e. The number of carbonyl (C=O) groups is 2. The summed E-state index contributed by atoms with van der Waals surface area (Å²) in [6.07, 6.45) is 5.87. The van der Waals surface area contributed by atoms with Gasteiger partial charge >= 0.3 is 0 Å². The number of hydrogen-bond donors (Lipinski definition) is 1. The van der Waals surface area contributed by atoms with E-state index in [0.717, 1.165) is 51.7 Å². The predicted octanol–water partition coefficient (Wildman–Crippen LogP) is 0.586. The van der Waals surface area contributed by atoms with Crippen molar-refractivity contribution in [3.05, 3.63) is 0 Å². The molecule has 0 aromatic carbocycles. The highest BCUT2D eigenvalue weighted by atomic mass is 16.2. The van der Waals surface area contributed by atoms with E-state index in [2.05, 4.69) is 0 Å². The van der Waals surface area contributed by atoms with Gasteiger partial charge in [-0.2, -0.15) is 0 Å². The van der Waals surface area contributed by atoms with Gasteiger partial charge in [0.1, 0.15) is 0 Å². The number of nitrogens with two attached hydrogens (primary N) is 1. The van der Waals surface area contributed by atoms with E-state index in [9.17, 15) is 9.59 Å². The average molecular weight is 267 g/mol. The number of likely N-dealkylation sites (tertiary alicyclic amines) is 2. The fourth-order valence-corrected chi connectivity index (χ4v) is 2.90. The van der Waals surface area contributed by atoms with Crippen molar-refractivity contribution in [2.24, 2.45) is 11.7 Å². The lowest BCUT2D eigenvalue weighted by atomic mass is 10.1. The summed E-state index contributed by atoms with van der Waals surface area (Å²) >= 11 is 0. The van der Waals surface area contributed by atoms with E-state index >= 15 is 0 Å². The summed E-state index contributed by atoms with van der Waals surface area (Å²) in [5.41, 5.74) is 5.64. The zero-order chi connectivity index (χ0) is 13.7. The van der Waals surface area contributed by atoms with Gasteiger partial charge in [-0.25, -0.2) is 0 Å². The minimum atomic E-state index is 0.0878. The molecule has 0 spiro atoms. The highest BCUT2D eigenvalue weighted by Crippen LogP contribution is 2.16. The summed E-state index contributed by atoms with van der Waals surface area (Å²) in [5.74, 6) is 0.666. The summed E-state index contributed by atoms with van der Waals surface area (Å²) in [5, 5.41) is 0. The molecule has 2 saturated heterocycles. The monoisotopic (exact) mass is 267 g/mol. The van der Waals surface area contributed by atoms with Gasteiger partial charge in [-0.05, 0) is 31.7 Å². The van der Waals surface area contributed by atoms with E-state index in [1.165, 1.54) is 0 Å². The molecule has 0 saturated carbocycles. The molecule has 5 nitrogen and oxygen atoms in total. The Morgan fingerprint density at radius 3 is 2.74 bits per heavy atom. The van der Waals surface area contributed by atoms with Crippen molar-refractivity contribution in [2.75, 3.05) is 32.7 Å². The molecule has 0 aromatic rings. The lowest BCUT2D eigenvalue weighted by molar-refractivity contribution is -0.140. The van der Waals surface area contributed by atoms with Crippen molar-refractivity contribution in [1.29, 1.82) is 0 Å². The number of amides is 2. The number of rotatable bonds is 3. The van der Waals surface area contributed by atoms with Gasteiger partial charge in [-0.15, -0.1) is 0 Å². The van der Waals surface area contributed by atoms with Gasteiger partial charge in [0.2, 0.25) is 11.8 Å². The standard InChI is InChI=1S/C14H25N3O2/c15-9-12-6-8-17(10-12)14(19)11-16-7-4-2-1-3-5-13(16)18/h12H,1-11,15H2. The molecule has 0 aromatic heterocycles. The van der Waals surface area contributed by atoms with E-state index in [1.807, 2.05) is 4.90 Å². The van der Waals surface area contributed by atoms with E-state index in [0.29, 0.717) is 18.9 Å². The maximum atomic E-state index is 12.2. The van der Waals surface area contributed by atoms with Crippen LogP contribution in [0.15, 0.2) is 0 Å². The lowest BCUT2D eigenvalue weighted by Crippen LogP contribution is -2.43. The van der Waals surface area contributed by atoms with Crippen LogP contribution in [0.2, 0.25) is 0 Å². The number of hydrogen-bond acceptors (Lipinski definition) is 3. The van der Waals surface area contributed by atoms with Gasteiger partial charge in [0.15, 0.2) is 0 Å². The Kier molecular flexibility index (Phi) is 5.19. The van der Waals surface area contributed by atoms with E-state index < -0.39 is 0 Å². The Labute approximate surface area is 115 Å². The topological polar surface area (TPSA) is 66.6 Å². The van der Waals surface area contributed by atoms with Crippen molar-refractivity contribution in [2.45, 2.75) is 38.5 Å². The first-order valence-electron chi connectivity index (χ1n) is 7.46. The molecule has 2 heterocycles. The molecule has 2 amide bonds. The Morgan fingerprint density at radius 2 is 2.00 bits per heavy atom. The minimum Gasteiger partial charge on any atom is -0.341 e. The van der Waals surface area contributed by atoms with Crippen molar-refractivity contribution < 1.29 is 9.59 Å². The molecule has 2 rings (SSSR count). The summed E-state index contributed by atoms with van der Waals surface area (Å²) in [6, 6.07) is 0. The van der Waals surface area contributed by atoms with Gasteiger partial charge in [0, 0.05) is 26.1 Å². The molecule has 1 atom stereocenters. The Balaban J connectivity index is 1.84. The second-order valence-corrected chi connectivity index (χ2v) is 5.71. The van der Waals surface area contributed by atoms with Crippen LogP contribution in [0.3, 0.4) is 0 Å². The van der Waals surface area contributed by atoms with Crippen LogP contribution < -0.4 is 5.73 Å². The molecule has 1 unspecified atom stereocenters. The zero-order valence-electron chi connectivity index (χ0n) is 11.6. The van der Waals surface area contributed by atoms with Crippen LogP contribution >= 0.6 is 0 Å². The normalized spacial score (nSPS) is 25.3. The first-order chi connectivity index (χ1) is 9.20. The molecule has 2 fully saturated rings. The predicted molar refractivity (Wildman–Crippen MR) is 73.4 cm³/mol. The Morgan fingerprint density at radius 1 is 1.21 bits per heavy atom. The summed E-state index contributed by atoms with van der Waals surface area (Å²) < 4.78 is 0. The zero-order valence-corrected chi connectivity index (χ0v) is 11.6. The third-order valence-corrected chi connectivity index (χ3v) is 4.22. The number of carbonyl (C=O) groups excluding carboxylic acids is 2. The maximum absolute atomic E-state index is 12.2. The molecule has 2 aliphatic rings. The van der Waals surface area contributed by atoms with Gasteiger partial charge in [-0.1, -0.05) is 12.8 Å². The fraction of sp³-hybridized carbons (Fsp3) is 0.857. The molecule has 108 valence electrons. The van der Waals surface area contributed by atoms with Crippen LogP contribution in [0.4, 0.5) is 0 Å². The second-order valence-electron chi connectivity index (χ2n) is 5.71. The third-order valence-electron chi connectivity index (χ3n) is 4.22. The van der Waals surface area contributed by atoms with Crippen molar-refractivity contribution >= 4 is 11.8 Å². The second kappa shape index (κ2) is 6.89. The molecule has 19 heavy (non-hydrogen) atoms. The van der Waals surface area contributed by atoms with E-state index in [1.54, 1.807) is 4.90 Å². The summed E-state index contributed by atoms with van der Waals surface area (Å²) in [4.78, 5) is 27.8. The highest BCUT2D eigenvalue weighted by molar-refractivity contribution is 5.85. The molecule has 5 heteroatoms. The van der Waals surface area contributed by atoms with Crippen LogP contribution in [0, 0.1) is 5.92 Å². The molecule has 0 bridgehead atoms. The quantitative estimate of drug-likeness (QED) is 0.813. The van der Waals surface area contributed by atoms with Crippen molar-refractivity contribution in [1.82, 2.24) is 9.80 Å². The van der Waals surface area contributed by atoms with Crippen molar-refractivity contribution in [3.63, 3.8) is 0 Å². The summed E-state index contributed by atoms with van der Waals surface area (Å²) in [7, 11) is 0. The lowest BCUT2D eigenvalue weighted by Gasteiger charge is -2.26. The molecule has 2 N–H and O–H groups in total. The largest absolute Gasteiger partial charge is 0.341 e. The molecular weight excluding hydrogens is 242 g/mol. The first kappa shape index (κ1) is 14.3. The van der Waals surface area contributed by atoms with Crippen LogP contribution in [0.25, 0.3) is 0 Å². The van der Waals surface area contributed by atoms with Crippen LogP contribution in [-0.4, -0.2) is 54.3 Å². The molecule has 0 radical (unpaired) electrons. The van der Waals surface area contributed by atoms with Crippen LogP contribution in [0.1, 0.15) is 38.5 Å². The molecule has 2 aliphatic heterocycles. The average Bonchev–Trinajstić information content (AvgIpc) is 2.87. The van der Waals surface area contributed by atoms with Crippen LogP contribution in [0.5, 0.6) is 0 Å². The minimum absolute atomic E-state index is 0.0878. The first-order valence-corrected chi connectivity index (χ1v) is 7.46. The number of nitrogens with zero attached hydrogens (tertiary/aromatic N) is 2. The summed E-state index contributed by atoms with van der Waals surface area (Å²) in [6.45, 7) is 3.20. The van der Waals surface area contributed by atoms with Gasteiger partial charge < -0.3 is 15.5 Å².